The fourth-order valence-corrected chi connectivity index (χ4v) is 3.83. The number of ketones is 1. The maximum Gasteiger partial charge on any atom is 0.264 e. The van der Waals surface area contributed by atoms with E-state index in [0.29, 0.717) is 5.89 Å². The van der Waals surface area contributed by atoms with Crippen molar-refractivity contribution in [2.75, 3.05) is 4.90 Å². The lowest BCUT2D eigenvalue weighted by atomic mass is 9.90. The highest BCUT2D eigenvalue weighted by Crippen LogP contribution is 2.48. The highest BCUT2D eigenvalue weighted by atomic mass is 35.5. The van der Waals surface area contributed by atoms with Gasteiger partial charge in [-0.05, 0) is 25.1 Å². The second-order valence-corrected chi connectivity index (χ2v) is 7.54. The van der Waals surface area contributed by atoms with Gasteiger partial charge in [0.1, 0.15) is 12.3 Å². The molecule has 1 aromatic heterocycles. The summed E-state index contributed by atoms with van der Waals surface area (Å²) in [5.41, 5.74) is -0.853. The van der Waals surface area contributed by atoms with Gasteiger partial charge in [-0.15, -0.1) is 10.2 Å². The molecule has 29 heavy (non-hydrogen) atoms. The van der Waals surface area contributed by atoms with E-state index in [1.807, 2.05) is 30.3 Å². The van der Waals surface area contributed by atoms with Crippen LogP contribution in [0.1, 0.15) is 24.8 Å². The van der Waals surface area contributed by atoms with Crippen LogP contribution in [-0.4, -0.2) is 27.0 Å². The fraction of sp³-hybridized carbons (Fsp3) is 0.200. The molecule has 0 saturated heterocycles. The molecule has 9 heteroatoms. The van der Waals surface area contributed by atoms with Crippen molar-refractivity contribution < 1.29 is 19.1 Å². The summed E-state index contributed by atoms with van der Waals surface area (Å²) >= 11 is 12.5. The summed E-state index contributed by atoms with van der Waals surface area (Å²) < 4.78 is 5.67. The summed E-state index contributed by atoms with van der Waals surface area (Å²) in [4.78, 5) is 26.0. The van der Waals surface area contributed by atoms with Crippen molar-refractivity contribution in [1.29, 1.82) is 0 Å². The van der Waals surface area contributed by atoms with Gasteiger partial charge in [0.25, 0.3) is 5.91 Å². The predicted molar refractivity (Wildman–Crippen MR) is 107 cm³/mol. The van der Waals surface area contributed by atoms with E-state index < -0.39 is 11.5 Å². The molecule has 1 aliphatic rings. The monoisotopic (exact) mass is 431 g/mol. The van der Waals surface area contributed by atoms with Gasteiger partial charge in [-0.2, -0.15) is 0 Å². The van der Waals surface area contributed by atoms with E-state index in [1.54, 1.807) is 0 Å². The number of halogens is 2. The molecule has 1 aliphatic heterocycles. The topological polar surface area (TPSA) is 96.5 Å². The van der Waals surface area contributed by atoms with Crippen LogP contribution in [0, 0.1) is 0 Å². The van der Waals surface area contributed by atoms with E-state index >= 15 is 0 Å². The summed E-state index contributed by atoms with van der Waals surface area (Å²) in [6.07, 6.45) is -0.383. The van der Waals surface area contributed by atoms with Crippen molar-refractivity contribution in [3.05, 3.63) is 64.0 Å². The van der Waals surface area contributed by atoms with Crippen LogP contribution in [0.5, 0.6) is 0 Å². The first-order valence-electron chi connectivity index (χ1n) is 8.71. The molecule has 4 rings (SSSR count). The van der Waals surface area contributed by atoms with Crippen molar-refractivity contribution >= 4 is 40.6 Å². The molecule has 1 amide bonds. The van der Waals surface area contributed by atoms with Crippen LogP contribution in [0.25, 0.3) is 11.5 Å². The largest absolute Gasteiger partial charge is 0.419 e. The first-order valence-corrected chi connectivity index (χ1v) is 9.47. The Balaban J connectivity index is 1.73. The highest BCUT2D eigenvalue weighted by Gasteiger charge is 2.52. The average Bonchev–Trinajstić information content (AvgIpc) is 3.23. The van der Waals surface area contributed by atoms with Gasteiger partial charge < -0.3 is 9.52 Å². The lowest BCUT2D eigenvalue weighted by Crippen LogP contribution is -2.41. The Morgan fingerprint density at radius 2 is 1.90 bits per heavy atom. The molecule has 148 valence electrons. The summed E-state index contributed by atoms with van der Waals surface area (Å²) in [5.74, 6) is -0.606. The molecule has 2 heterocycles. The van der Waals surface area contributed by atoms with Gasteiger partial charge in [-0.1, -0.05) is 47.5 Å². The smallest absolute Gasteiger partial charge is 0.264 e. The number of Topliss-reactive ketones (excluding diaryl/α,β-unsaturated/α-hetero) is 1. The van der Waals surface area contributed by atoms with Crippen LogP contribution in [0.4, 0.5) is 5.69 Å². The zero-order valence-electron chi connectivity index (χ0n) is 15.2. The van der Waals surface area contributed by atoms with Gasteiger partial charge in [0.15, 0.2) is 5.60 Å². The number of hydrogen-bond acceptors (Lipinski definition) is 6. The van der Waals surface area contributed by atoms with Crippen LogP contribution >= 0.6 is 23.2 Å². The van der Waals surface area contributed by atoms with E-state index in [1.165, 1.54) is 24.0 Å². The number of nitrogens with zero attached hydrogens (tertiary/aromatic N) is 3. The third-order valence-corrected chi connectivity index (χ3v) is 5.46. The highest BCUT2D eigenvalue weighted by molar-refractivity contribution is 6.44. The van der Waals surface area contributed by atoms with E-state index in [2.05, 4.69) is 10.2 Å². The van der Waals surface area contributed by atoms with Crippen LogP contribution < -0.4 is 4.90 Å². The number of carbonyl (C=O) groups is 2. The zero-order chi connectivity index (χ0) is 20.8. The molecule has 0 bridgehead atoms. The van der Waals surface area contributed by atoms with Crippen LogP contribution in [0.15, 0.2) is 46.9 Å². The summed E-state index contributed by atoms with van der Waals surface area (Å²) in [7, 11) is 0. The molecule has 0 fully saturated rings. The number of aliphatic hydroxyl groups is 1. The summed E-state index contributed by atoms with van der Waals surface area (Å²) in [5, 5.41) is 19.4. The van der Waals surface area contributed by atoms with Crippen LogP contribution in [0.3, 0.4) is 0 Å². The van der Waals surface area contributed by atoms with E-state index in [0.717, 1.165) is 5.56 Å². The SMILES string of the molecule is CC(=O)CC1(O)C(=O)N(Cc2nnc(-c3ccccc3)o2)c2c1ccc(Cl)c2Cl. The van der Waals surface area contributed by atoms with Gasteiger partial charge in [-0.25, -0.2) is 0 Å². The number of amides is 1. The quantitative estimate of drug-likeness (QED) is 0.660. The molecule has 7 nitrogen and oxygen atoms in total. The van der Waals surface area contributed by atoms with E-state index in [-0.39, 0.29) is 45.9 Å². The lowest BCUT2D eigenvalue weighted by Gasteiger charge is -2.21. The molecule has 0 spiro atoms. The van der Waals surface area contributed by atoms with E-state index in [4.69, 9.17) is 27.6 Å². The Morgan fingerprint density at radius 1 is 1.17 bits per heavy atom. The summed E-state index contributed by atoms with van der Waals surface area (Å²) in [6.45, 7) is 1.17. The van der Waals surface area contributed by atoms with Gasteiger partial charge in [-0.3, -0.25) is 14.5 Å². The standard InChI is InChI=1S/C20H15Cl2N3O4/c1-11(26)9-20(28)13-7-8-14(21)16(22)17(13)25(19(20)27)10-15-23-24-18(29-15)12-5-3-2-4-6-12/h2-8,28H,9-10H2,1H3. The Labute approximate surface area is 175 Å². The molecule has 0 aliphatic carbocycles. The Hall–Kier alpha value is -2.74. The molecule has 1 N–H and O–H groups in total. The molecule has 1 unspecified atom stereocenters. The Kier molecular flexibility index (Phi) is 4.90. The fourth-order valence-electron chi connectivity index (χ4n) is 3.41. The van der Waals surface area contributed by atoms with E-state index in [9.17, 15) is 14.7 Å². The third-order valence-electron chi connectivity index (χ3n) is 4.67. The minimum Gasteiger partial charge on any atom is -0.419 e. The number of fused-ring (bicyclic) bond motifs is 1. The maximum atomic E-state index is 13.1. The number of anilines is 1. The number of benzene rings is 2. The number of carbonyl (C=O) groups excluding carboxylic acids is 2. The maximum absolute atomic E-state index is 13.1. The van der Waals surface area contributed by atoms with Gasteiger partial charge in [0, 0.05) is 17.5 Å². The number of aromatic nitrogens is 2. The second kappa shape index (κ2) is 7.26. The van der Waals surface area contributed by atoms with Crippen LogP contribution in [-0.2, 0) is 21.7 Å². The minimum absolute atomic E-state index is 0.0970. The van der Waals surface area contributed by atoms with Crippen molar-refractivity contribution in [3.8, 4) is 11.5 Å². The molecular formula is C20H15Cl2N3O4. The zero-order valence-corrected chi connectivity index (χ0v) is 16.7. The molecule has 0 radical (unpaired) electrons. The van der Waals surface area contributed by atoms with Crippen molar-refractivity contribution in [1.82, 2.24) is 10.2 Å². The molecule has 2 aromatic carbocycles. The minimum atomic E-state index is -2.03. The predicted octanol–water partition coefficient (Wildman–Crippen LogP) is 3.76. The number of hydrogen-bond donors (Lipinski definition) is 1. The normalized spacial score (nSPS) is 18.2. The van der Waals surface area contributed by atoms with Gasteiger partial charge >= 0.3 is 0 Å². The molecule has 1 atom stereocenters. The average molecular weight is 432 g/mol. The first-order chi connectivity index (χ1) is 13.8. The van der Waals surface area contributed by atoms with Gasteiger partial charge in [0.2, 0.25) is 11.8 Å². The van der Waals surface area contributed by atoms with Crippen molar-refractivity contribution in [2.45, 2.75) is 25.5 Å². The Bertz CT molecular complexity index is 1120. The molecule has 3 aromatic rings. The number of rotatable bonds is 5. The molecular weight excluding hydrogens is 417 g/mol. The van der Waals surface area contributed by atoms with Crippen molar-refractivity contribution in [3.63, 3.8) is 0 Å². The second-order valence-electron chi connectivity index (χ2n) is 6.75. The Morgan fingerprint density at radius 3 is 2.59 bits per heavy atom. The van der Waals surface area contributed by atoms with Gasteiger partial charge in [0.05, 0.1) is 15.7 Å². The van der Waals surface area contributed by atoms with Crippen molar-refractivity contribution in [2.24, 2.45) is 0 Å². The summed E-state index contributed by atoms with van der Waals surface area (Å²) in [6, 6.07) is 12.1. The third kappa shape index (κ3) is 3.31. The van der Waals surface area contributed by atoms with Crippen LogP contribution in [0.2, 0.25) is 10.0 Å². The molecule has 0 saturated carbocycles. The first kappa shape index (κ1) is 19.6. The lowest BCUT2D eigenvalue weighted by molar-refractivity contribution is -0.141.